The highest BCUT2D eigenvalue weighted by atomic mass is 35.5. The third kappa shape index (κ3) is 3.96. The predicted molar refractivity (Wildman–Crippen MR) is 119 cm³/mol. The molecule has 0 spiro atoms. The molecule has 1 aromatic carbocycles. The van der Waals surface area contributed by atoms with Gasteiger partial charge < -0.3 is 10.5 Å². The molecule has 1 aliphatic carbocycles. The first-order valence-corrected chi connectivity index (χ1v) is 10.9. The highest BCUT2D eigenvalue weighted by molar-refractivity contribution is 7.14. The minimum atomic E-state index is -0.594. The Morgan fingerprint density at radius 2 is 2.00 bits per heavy atom. The molecule has 29 heavy (non-hydrogen) atoms. The number of hydrogen-bond donors (Lipinski definition) is 1. The van der Waals surface area contributed by atoms with Crippen molar-refractivity contribution >= 4 is 28.8 Å². The summed E-state index contributed by atoms with van der Waals surface area (Å²) in [6.45, 7) is 6.16. The SMILES string of the molecule is CCCCC1(c2nnc(-c3cc(C)c(OC)c(C)c3)s2)C=CC=C(C(N)=O)C1Cl. The van der Waals surface area contributed by atoms with Gasteiger partial charge >= 0.3 is 0 Å². The first-order chi connectivity index (χ1) is 13.8. The summed E-state index contributed by atoms with van der Waals surface area (Å²) in [5.41, 5.74) is 8.48. The largest absolute Gasteiger partial charge is 0.496 e. The molecule has 5 nitrogen and oxygen atoms in total. The maximum atomic E-state index is 11.9. The van der Waals surface area contributed by atoms with E-state index in [4.69, 9.17) is 22.1 Å². The van der Waals surface area contributed by atoms with Crippen molar-refractivity contribution in [3.8, 4) is 16.3 Å². The second kappa shape index (κ2) is 8.67. The lowest BCUT2D eigenvalue weighted by molar-refractivity contribution is -0.114. The van der Waals surface area contributed by atoms with Crippen molar-refractivity contribution in [1.29, 1.82) is 0 Å². The molecule has 1 amide bonds. The lowest BCUT2D eigenvalue weighted by Crippen LogP contribution is -2.40. The van der Waals surface area contributed by atoms with Crippen molar-refractivity contribution < 1.29 is 9.53 Å². The Bertz CT molecular complexity index is 959. The number of carbonyl (C=O) groups excluding carboxylic acids is 1. The maximum absolute atomic E-state index is 11.9. The number of alkyl halides is 1. The van der Waals surface area contributed by atoms with Gasteiger partial charge in [0, 0.05) is 11.1 Å². The van der Waals surface area contributed by atoms with E-state index in [-0.39, 0.29) is 0 Å². The van der Waals surface area contributed by atoms with Crippen LogP contribution in [0.25, 0.3) is 10.6 Å². The topological polar surface area (TPSA) is 78.1 Å². The van der Waals surface area contributed by atoms with Crippen molar-refractivity contribution in [3.05, 3.63) is 52.1 Å². The van der Waals surface area contributed by atoms with Crippen LogP contribution in [0, 0.1) is 13.8 Å². The van der Waals surface area contributed by atoms with E-state index in [2.05, 4.69) is 29.3 Å². The van der Waals surface area contributed by atoms with Crippen LogP contribution >= 0.6 is 22.9 Å². The minimum absolute atomic E-state index is 0.415. The molecular formula is C22H26ClN3O2S. The van der Waals surface area contributed by atoms with E-state index in [0.717, 1.165) is 51.7 Å². The van der Waals surface area contributed by atoms with Gasteiger partial charge in [0.25, 0.3) is 0 Å². The second-order valence-corrected chi connectivity index (χ2v) is 8.82. The number of primary amides is 1. The van der Waals surface area contributed by atoms with Crippen molar-refractivity contribution in [2.45, 2.75) is 50.8 Å². The first kappa shape index (κ1) is 21.5. The molecule has 154 valence electrons. The lowest BCUT2D eigenvalue weighted by Gasteiger charge is -2.35. The zero-order valence-corrected chi connectivity index (χ0v) is 18.7. The van der Waals surface area contributed by atoms with Crippen molar-refractivity contribution in [2.75, 3.05) is 7.11 Å². The smallest absolute Gasteiger partial charge is 0.246 e. The molecule has 1 heterocycles. The highest BCUT2D eigenvalue weighted by Crippen LogP contribution is 2.45. The van der Waals surface area contributed by atoms with E-state index in [1.54, 1.807) is 13.2 Å². The number of aromatic nitrogens is 2. The van der Waals surface area contributed by atoms with E-state index in [1.165, 1.54) is 11.3 Å². The van der Waals surface area contributed by atoms with Gasteiger partial charge in [-0.3, -0.25) is 4.79 Å². The number of aryl methyl sites for hydroxylation is 2. The fraction of sp³-hybridized carbons (Fsp3) is 0.409. The zero-order valence-electron chi connectivity index (χ0n) is 17.2. The second-order valence-electron chi connectivity index (χ2n) is 7.41. The lowest BCUT2D eigenvalue weighted by atomic mass is 9.74. The Kier molecular flexibility index (Phi) is 6.44. The van der Waals surface area contributed by atoms with Crippen LogP contribution in [0.3, 0.4) is 0 Å². The van der Waals surface area contributed by atoms with Crippen LogP contribution in [-0.2, 0) is 10.2 Å². The van der Waals surface area contributed by atoms with Crippen molar-refractivity contribution in [1.82, 2.24) is 10.2 Å². The fourth-order valence-electron chi connectivity index (χ4n) is 3.87. The van der Waals surface area contributed by atoms with Gasteiger partial charge in [-0.25, -0.2) is 0 Å². The van der Waals surface area contributed by atoms with Crippen LogP contribution in [-0.4, -0.2) is 28.6 Å². The number of methoxy groups -OCH3 is 1. The van der Waals surface area contributed by atoms with Gasteiger partial charge in [0.05, 0.1) is 17.9 Å². The Morgan fingerprint density at radius 3 is 2.59 bits per heavy atom. The van der Waals surface area contributed by atoms with Crippen molar-refractivity contribution in [3.63, 3.8) is 0 Å². The number of allylic oxidation sites excluding steroid dienone is 3. The molecule has 0 saturated carbocycles. The van der Waals surface area contributed by atoms with Crippen LogP contribution in [0.1, 0.15) is 42.3 Å². The number of nitrogens with two attached hydrogens (primary N) is 1. The molecule has 0 bridgehead atoms. The number of hydrogen-bond acceptors (Lipinski definition) is 5. The van der Waals surface area contributed by atoms with Crippen LogP contribution in [0.2, 0.25) is 0 Å². The van der Waals surface area contributed by atoms with Gasteiger partial charge in [-0.1, -0.05) is 49.3 Å². The monoisotopic (exact) mass is 431 g/mol. The summed E-state index contributed by atoms with van der Waals surface area (Å²) in [7, 11) is 1.68. The number of benzene rings is 1. The number of ether oxygens (including phenoxy) is 1. The van der Waals surface area contributed by atoms with Crippen LogP contribution in [0.5, 0.6) is 5.75 Å². The summed E-state index contributed by atoms with van der Waals surface area (Å²) in [5, 5.41) is 10.0. The number of rotatable bonds is 7. The summed E-state index contributed by atoms with van der Waals surface area (Å²) < 4.78 is 5.47. The molecule has 1 aromatic heterocycles. The number of carbonyl (C=O) groups is 1. The summed E-state index contributed by atoms with van der Waals surface area (Å²) in [6.07, 6.45) is 8.34. The normalized spacial score (nSPS) is 21.1. The molecule has 2 unspecified atom stereocenters. The zero-order chi connectivity index (χ0) is 21.2. The predicted octanol–water partition coefficient (Wildman–Crippen LogP) is 4.85. The third-order valence-electron chi connectivity index (χ3n) is 5.36. The first-order valence-electron chi connectivity index (χ1n) is 9.67. The van der Waals surface area contributed by atoms with Gasteiger partial charge in [-0.15, -0.1) is 21.8 Å². The Hall–Kier alpha value is -2.18. The van der Waals surface area contributed by atoms with Gasteiger partial charge in [0.1, 0.15) is 15.8 Å². The minimum Gasteiger partial charge on any atom is -0.496 e. The van der Waals surface area contributed by atoms with Crippen LogP contribution in [0.15, 0.2) is 35.9 Å². The van der Waals surface area contributed by atoms with Crippen molar-refractivity contribution in [2.24, 2.45) is 5.73 Å². The number of unbranched alkanes of at least 4 members (excludes halogenated alkanes) is 1. The Morgan fingerprint density at radius 1 is 1.31 bits per heavy atom. The highest BCUT2D eigenvalue weighted by Gasteiger charge is 2.44. The van der Waals surface area contributed by atoms with Gasteiger partial charge in [-0.05, 0) is 43.5 Å². The van der Waals surface area contributed by atoms with E-state index in [9.17, 15) is 4.79 Å². The summed E-state index contributed by atoms with van der Waals surface area (Å²) in [5.74, 6) is 0.381. The molecule has 2 aromatic rings. The summed E-state index contributed by atoms with van der Waals surface area (Å²) in [4.78, 5) is 11.9. The number of amides is 1. The van der Waals surface area contributed by atoms with E-state index >= 15 is 0 Å². The molecule has 2 N–H and O–H groups in total. The Balaban J connectivity index is 2.05. The van der Waals surface area contributed by atoms with E-state index < -0.39 is 16.7 Å². The standard InChI is InChI=1S/C22H26ClN3O2S/c1-5-6-9-22(10-7-8-16(18(22)23)19(24)27)21-26-25-20(29-21)15-11-13(2)17(28-4)14(3)12-15/h7-8,10-12,18H,5-6,9H2,1-4H3,(H2,24,27). The van der Waals surface area contributed by atoms with Crippen LogP contribution in [0.4, 0.5) is 0 Å². The summed E-state index contributed by atoms with van der Waals surface area (Å²) >= 11 is 8.33. The van der Waals surface area contributed by atoms with E-state index in [0.29, 0.717) is 5.57 Å². The van der Waals surface area contributed by atoms with Gasteiger partial charge in [0.15, 0.2) is 0 Å². The van der Waals surface area contributed by atoms with Gasteiger partial charge in [0.2, 0.25) is 5.91 Å². The summed E-state index contributed by atoms with van der Waals surface area (Å²) in [6, 6.07) is 4.11. The molecule has 0 saturated heterocycles. The molecule has 0 radical (unpaired) electrons. The number of halogens is 1. The molecule has 0 fully saturated rings. The van der Waals surface area contributed by atoms with Crippen LogP contribution < -0.4 is 10.5 Å². The molecule has 1 aliphatic rings. The third-order valence-corrected chi connectivity index (χ3v) is 7.15. The van der Waals surface area contributed by atoms with E-state index in [1.807, 2.05) is 26.0 Å². The van der Waals surface area contributed by atoms with Gasteiger partial charge in [-0.2, -0.15) is 0 Å². The average molecular weight is 432 g/mol. The Labute approximate surface area is 180 Å². The molecule has 2 atom stereocenters. The number of nitrogens with zero attached hydrogens (tertiary/aromatic N) is 2. The maximum Gasteiger partial charge on any atom is 0.246 e. The quantitative estimate of drug-likeness (QED) is 0.635. The molecule has 7 heteroatoms. The molecule has 3 rings (SSSR count). The molecular weight excluding hydrogens is 406 g/mol. The molecule has 0 aliphatic heterocycles. The fourth-order valence-corrected chi connectivity index (χ4v) is 5.46. The average Bonchev–Trinajstić information content (AvgIpc) is 3.17.